The molecule has 0 aliphatic carbocycles. The van der Waals surface area contributed by atoms with Crippen molar-refractivity contribution in [3.8, 4) is 5.69 Å². The maximum atomic E-state index is 5.52. The maximum Gasteiger partial charge on any atom is 0.0656 e. The van der Waals surface area contributed by atoms with Gasteiger partial charge in [0, 0.05) is 16.9 Å². The van der Waals surface area contributed by atoms with Crippen molar-refractivity contribution in [2.24, 2.45) is 5.73 Å². The molecular formula is C11H12BrN3. The van der Waals surface area contributed by atoms with Crippen molar-refractivity contribution in [3.63, 3.8) is 0 Å². The largest absolute Gasteiger partial charge is 0.330 e. The van der Waals surface area contributed by atoms with Crippen LogP contribution in [0.3, 0.4) is 0 Å². The summed E-state index contributed by atoms with van der Waals surface area (Å²) < 4.78 is 2.91. The van der Waals surface area contributed by atoms with Gasteiger partial charge in [0.25, 0.3) is 0 Å². The van der Waals surface area contributed by atoms with Crippen LogP contribution in [-0.2, 0) is 6.42 Å². The Morgan fingerprint density at radius 1 is 1.40 bits per heavy atom. The predicted octanol–water partition coefficient (Wildman–Crippen LogP) is 2.14. The van der Waals surface area contributed by atoms with Gasteiger partial charge in [-0.1, -0.05) is 22.0 Å². The van der Waals surface area contributed by atoms with Gasteiger partial charge < -0.3 is 5.73 Å². The number of benzene rings is 1. The first kappa shape index (κ1) is 10.4. The molecule has 0 saturated carbocycles. The highest BCUT2D eigenvalue weighted by molar-refractivity contribution is 9.10. The molecule has 0 unspecified atom stereocenters. The van der Waals surface area contributed by atoms with E-state index in [1.807, 2.05) is 23.0 Å². The molecule has 1 aromatic heterocycles. The maximum absolute atomic E-state index is 5.52. The Morgan fingerprint density at radius 3 is 2.87 bits per heavy atom. The van der Waals surface area contributed by atoms with Gasteiger partial charge in [0.05, 0.1) is 5.69 Å². The zero-order valence-electron chi connectivity index (χ0n) is 8.23. The fourth-order valence-electron chi connectivity index (χ4n) is 1.46. The average molecular weight is 266 g/mol. The third-order valence-electron chi connectivity index (χ3n) is 2.22. The van der Waals surface area contributed by atoms with Crippen molar-refractivity contribution < 1.29 is 0 Å². The normalized spacial score (nSPS) is 10.5. The summed E-state index contributed by atoms with van der Waals surface area (Å²) in [6, 6.07) is 8.08. The topological polar surface area (TPSA) is 43.8 Å². The molecule has 4 heteroatoms. The Kier molecular flexibility index (Phi) is 3.18. The summed E-state index contributed by atoms with van der Waals surface area (Å²) in [5.41, 5.74) is 7.80. The van der Waals surface area contributed by atoms with E-state index in [1.165, 1.54) is 5.56 Å². The number of aromatic nitrogens is 2. The third kappa shape index (κ3) is 2.27. The minimum Gasteiger partial charge on any atom is -0.330 e. The summed E-state index contributed by atoms with van der Waals surface area (Å²) in [6.07, 6.45) is 4.58. The van der Waals surface area contributed by atoms with Crippen molar-refractivity contribution in [2.75, 3.05) is 6.54 Å². The monoisotopic (exact) mass is 265 g/mol. The van der Waals surface area contributed by atoms with E-state index in [4.69, 9.17) is 5.73 Å². The summed E-state index contributed by atoms with van der Waals surface area (Å²) in [7, 11) is 0. The molecule has 78 valence electrons. The Bertz CT molecular complexity index is 437. The Balaban J connectivity index is 2.33. The summed E-state index contributed by atoms with van der Waals surface area (Å²) in [5.74, 6) is 0. The highest BCUT2D eigenvalue weighted by Gasteiger charge is 2.02. The third-order valence-corrected chi connectivity index (χ3v) is 2.96. The molecule has 2 rings (SSSR count). The molecule has 0 fully saturated rings. The molecule has 1 heterocycles. The first-order chi connectivity index (χ1) is 7.31. The van der Waals surface area contributed by atoms with E-state index in [-0.39, 0.29) is 0 Å². The highest BCUT2D eigenvalue weighted by atomic mass is 79.9. The lowest BCUT2D eigenvalue weighted by atomic mass is 10.1. The fraction of sp³-hybridized carbons (Fsp3) is 0.182. The Labute approximate surface area is 97.0 Å². The van der Waals surface area contributed by atoms with Gasteiger partial charge in [-0.05, 0) is 36.7 Å². The van der Waals surface area contributed by atoms with Crippen LogP contribution in [0, 0.1) is 0 Å². The number of nitrogens with zero attached hydrogens (tertiary/aromatic N) is 2. The van der Waals surface area contributed by atoms with E-state index >= 15 is 0 Å². The number of rotatable bonds is 3. The van der Waals surface area contributed by atoms with E-state index in [0.29, 0.717) is 6.54 Å². The summed E-state index contributed by atoms with van der Waals surface area (Å²) in [5, 5.41) is 4.17. The second kappa shape index (κ2) is 4.59. The van der Waals surface area contributed by atoms with Crippen LogP contribution in [-0.4, -0.2) is 16.3 Å². The zero-order valence-corrected chi connectivity index (χ0v) is 9.81. The molecule has 0 aliphatic heterocycles. The van der Waals surface area contributed by atoms with Crippen LogP contribution < -0.4 is 5.73 Å². The molecule has 15 heavy (non-hydrogen) atoms. The molecular weight excluding hydrogens is 254 g/mol. The van der Waals surface area contributed by atoms with E-state index in [2.05, 4.69) is 33.2 Å². The van der Waals surface area contributed by atoms with Crippen LogP contribution >= 0.6 is 15.9 Å². The first-order valence-corrected chi connectivity index (χ1v) is 5.59. The summed E-state index contributed by atoms with van der Waals surface area (Å²) >= 11 is 3.54. The van der Waals surface area contributed by atoms with Crippen LogP contribution in [0.15, 0.2) is 41.1 Å². The SMILES string of the molecule is NCCc1ccc(-n2cccn2)cc1Br. The number of hydrogen-bond acceptors (Lipinski definition) is 2. The van der Waals surface area contributed by atoms with Crippen LogP contribution in [0.2, 0.25) is 0 Å². The van der Waals surface area contributed by atoms with Gasteiger partial charge >= 0.3 is 0 Å². The van der Waals surface area contributed by atoms with Crippen molar-refractivity contribution in [1.29, 1.82) is 0 Å². The van der Waals surface area contributed by atoms with Crippen LogP contribution in [0.25, 0.3) is 5.69 Å². The molecule has 0 amide bonds. The number of halogens is 1. The lowest BCUT2D eigenvalue weighted by molar-refractivity contribution is 0.876. The van der Waals surface area contributed by atoms with Gasteiger partial charge in [0.1, 0.15) is 0 Å². The van der Waals surface area contributed by atoms with Crippen molar-refractivity contribution in [2.45, 2.75) is 6.42 Å². The van der Waals surface area contributed by atoms with E-state index in [1.54, 1.807) is 6.20 Å². The van der Waals surface area contributed by atoms with Crippen molar-refractivity contribution in [1.82, 2.24) is 9.78 Å². The zero-order chi connectivity index (χ0) is 10.7. The minimum atomic E-state index is 0.666. The van der Waals surface area contributed by atoms with Crippen LogP contribution in [0.4, 0.5) is 0 Å². The van der Waals surface area contributed by atoms with Crippen molar-refractivity contribution in [3.05, 3.63) is 46.7 Å². The molecule has 0 atom stereocenters. The molecule has 1 aromatic carbocycles. The second-order valence-electron chi connectivity index (χ2n) is 3.27. The highest BCUT2D eigenvalue weighted by Crippen LogP contribution is 2.20. The molecule has 0 bridgehead atoms. The van der Waals surface area contributed by atoms with Gasteiger partial charge in [-0.3, -0.25) is 0 Å². The number of nitrogens with two attached hydrogens (primary N) is 1. The Morgan fingerprint density at radius 2 is 2.27 bits per heavy atom. The minimum absolute atomic E-state index is 0.666. The van der Waals surface area contributed by atoms with Gasteiger partial charge in [0.2, 0.25) is 0 Å². The molecule has 0 spiro atoms. The van der Waals surface area contributed by atoms with Gasteiger partial charge in [-0.2, -0.15) is 5.10 Å². The van der Waals surface area contributed by atoms with E-state index in [9.17, 15) is 0 Å². The standard InChI is InChI=1S/C11H12BrN3/c12-11-8-10(15-7-1-6-14-15)3-2-9(11)4-5-13/h1-3,6-8H,4-5,13H2. The summed E-state index contributed by atoms with van der Waals surface area (Å²) in [4.78, 5) is 0. The fourth-order valence-corrected chi connectivity index (χ4v) is 2.02. The van der Waals surface area contributed by atoms with Crippen molar-refractivity contribution >= 4 is 15.9 Å². The smallest absolute Gasteiger partial charge is 0.0656 e. The van der Waals surface area contributed by atoms with Gasteiger partial charge in [-0.15, -0.1) is 0 Å². The first-order valence-electron chi connectivity index (χ1n) is 4.80. The van der Waals surface area contributed by atoms with Gasteiger partial charge in [-0.25, -0.2) is 4.68 Å². The predicted molar refractivity (Wildman–Crippen MR) is 64.0 cm³/mol. The molecule has 0 saturated heterocycles. The summed E-state index contributed by atoms with van der Waals surface area (Å²) in [6.45, 7) is 0.666. The second-order valence-corrected chi connectivity index (χ2v) is 4.12. The Hall–Kier alpha value is -1.13. The lowest BCUT2D eigenvalue weighted by Gasteiger charge is -2.06. The molecule has 0 aliphatic rings. The molecule has 0 radical (unpaired) electrons. The van der Waals surface area contributed by atoms with Crippen LogP contribution in [0.1, 0.15) is 5.56 Å². The number of hydrogen-bond donors (Lipinski definition) is 1. The molecule has 2 aromatic rings. The average Bonchev–Trinajstić information content (AvgIpc) is 2.74. The lowest BCUT2D eigenvalue weighted by Crippen LogP contribution is -2.04. The molecule has 3 nitrogen and oxygen atoms in total. The van der Waals surface area contributed by atoms with Gasteiger partial charge in [0.15, 0.2) is 0 Å². The quantitative estimate of drug-likeness (QED) is 0.924. The van der Waals surface area contributed by atoms with E-state index < -0.39 is 0 Å². The van der Waals surface area contributed by atoms with Crippen LogP contribution in [0.5, 0.6) is 0 Å². The van der Waals surface area contributed by atoms with E-state index in [0.717, 1.165) is 16.6 Å². The molecule has 2 N–H and O–H groups in total.